The van der Waals surface area contributed by atoms with Crippen LogP contribution >= 0.6 is 15.9 Å². The summed E-state index contributed by atoms with van der Waals surface area (Å²) < 4.78 is 6.87. The van der Waals surface area contributed by atoms with Gasteiger partial charge in [0.05, 0.1) is 4.47 Å². The van der Waals surface area contributed by atoms with E-state index in [0.29, 0.717) is 6.61 Å². The lowest BCUT2D eigenvalue weighted by Gasteiger charge is -2.19. The first-order chi connectivity index (χ1) is 14.0. The molecule has 2 aromatic rings. The quantitative estimate of drug-likeness (QED) is 0.434. The predicted octanol–water partition coefficient (Wildman–Crippen LogP) is 5.55. The first kappa shape index (κ1) is 21.9. The van der Waals surface area contributed by atoms with Gasteiger partial charge in [-0.15, -0.1) is 0 Å². The molecule has 5 heteroatoms. The lowest BCUT2D eigenvalue weighted by molar-refractivity contribution is 0.304. The Morgan fingerprint density at radius 2 is 1.83 bits per heavy atom. The highest BCUT2D eigenvalue weighted by molar-refractivity contribution is 9.10. The topological polar surface area (TPSA) is 50.5 Å². The maximum atomic E-state index is 6.52. The first-order valence-electron chi connectivity index (χ1n) is 10.4. The third-order valence-electron chi connectivity index (χ3n) is 5.09. The summed E-state index contributed by atoms with van der Waals surface area (Å²) in [5.74, 6) is 0.857. The summed E-state index contributed by atoms with van der Waals surface area (Å²) in [4.78, 5) is 2.23. The molecule has 156 valence electrons. The van der Waals surface area contributed by atoms with Gasteiger partial charge in [0.15, 0.2) is 0 Å². The van der Waals surface area contributed by atoms with E-state index in [-0.39, 0.29) is 6.04 Å². The van der Waals surface area contributed by atoms with Gasteiger partial charge in [-0.05, 0) is 97.7 Å². The van der Waals surface area contributed by atoms with Gasteiger partial charge in [0.2, 0.25) is 0 Å². The van der Waals surface area contributed by atoms with Crippen LogP contribution in [0.3, 0.4) is 0 Å². The molecule has 0 unspecified atom stereocenters. The number of hydrogen-bond acceptors (Lipinski definition) is 4. The number of rotatable bonds is 11. The van der Waals surface area contributed by atoms with Crippen LogP contribution in [-0.4, -0.2) is 31.6 Å². The molecule has 2 aromatic carbocycles. The van der Waals surface area contributed by atoms with E-state index in [1.807, 2.05) is 24.3 Å². The van der Waals surface area contributed by atoms with Gasteiger partial charge in [-0.3, -0.25) is 0 Å². The lowest BCUT2D eigenvalue weighted by atomic mass is 10.1. The molecule has 0 saturated heterocycles. The fourth-order valence-corrected chi connectivity index (χ4v) is 3.67. The van der Waals surface area contributed by atoms with E-state index >= 15 is 0 Å². The zero-order valence-electron chi connectivity index (χ0n) is 17.5. The Morgan fingerprint density at radius 3 is 2.48 bits per heavy atom. The zero-order valence-corrected chi connectivity index (χ0v) is 19.0. The Labute approximate surface area is 183 Å². The highest BCUT2D eigenvalue weighted by atomic mass is 79.9. The lowest BCUT2D eigenvalue weighted by Crippen LogP contribution is -2.27. The first-order valence-corrected chi connectivity index (χ1v) is 11.2. The predicted molar refractivity (Wildman–Crippen MR) is 125 cm³/mol. The molecule has 1 fully saturated rings. The minimum absolute atomic E-state index is 0.0908. The minimum Gasteiger partial charge on any atom is -0.488 e. The Kier molecular flexibility index (Phi) is 8.16. The molecule has 4 nitrogen and oxygen atoms in total. The molecule has 29 heavy (non-hydrogen) atoms. The van der Waals surface area contributed by atoms with E-state index in [4.69, 9.17) is 10.5 Å². The van der Waals surface area contributed by atoms with E-state index < -0.39 is 0 Å². The molecule has 1 saturated carbocycles. The fraction of sp³-hybridized carbons (Fsp3) is 0.417. The maximum Gasteiger partial charge on any atom is 0.133 e. The Morgan fingerprint density at radius 1 is 1.10 bits per heavy atom. The zero-order chi connectivity index (χ0) is 20.6. The van der Waals surface area contributed by atoms with Crippen molar-refractivity contribution in [2.45, 2.75) is 44.8 Å². The second-order valence-corrected chi connectivity index (χ2v) is 8.82. The number of nitrogens with two attached hydrogens (primary N) is 1. The number of nitrogens with zero attached hydrogens (tertiary/aromatic N) is 1. The number of allylic oxidation sites excluding steroid dienone is 1. The van der Waals surface area contributed by atoms with Crippen molar-refractivity contribution >= 4 is 21.6 Å². The average Bonchev–Trinajstić information content (AvgIpc) is 3.54. The van der Waals surface area contributed by atoms with Gasteiger partial charge in [-0.25, -0.2) is 0 Å². The van der Waals surface area contributed by atoms with E-state index in [0.717, 1.165) is 40.9 Å². The van der Waals surface area contributed by atoms with Crippen LogP contribution in [0.5, 0.6) is 5.75 Å². The van der Waals surface area contributed by atoms with Crippen molar-refractivity contribution in [1.29, 1.82) is 0 Å². The molecule has 1 aliphatic rings. The van der Waals surface area contributed by atoms with E-state index in [1.54, 1.807) is 0 Å². The van der Waals surface area contributed by atoms with Gasteiger partial charge >= 0.3 is 0 Å². The molecular formula is C24H32BrN3O. The van der Waals surface area contributed by atoms with Crippen LogP contribution < -0.4 is 15.8 Å². The number of benzene rings is 2. The standard InChI is InChI=1S/C24H32BrN3O/c1-28(2)16-6-5-8-22(26)24(19-12-13-19)27-20-14-10-18(11-15-20)17-29-23-9-4-3-7-21(23)25/h3-4,7,9-11,14-15,22,27H,5-6,8,12-13,16-17,26H2,1-2H3/t22-/m0/s1. The van der Waals surface area contributed by atoms with E-state index in [1.165, 1.54) is 30.5 Å². The number of anilines is 1. The molecular weight excluding hydrogens is 426 g/mol. The van der Waals surface area contributed by atoms with Gasteiger partial charge in [0.1, 0.15) is 12.4 Å². The fourth-order valence-electron chi connectivity index (χ4n) is 3.27. The number of ether oxygens (including phenoxy) is 1. The molecule has 0 heterocycles. The van der Waals surface area contributed by atoms with Crippen molar-refractivity contribution < 1.29 is 4.74 Å². The monoisotopic (exact) mass is 457 g/mol. The van der Waals surface area contributed by atoms with Crippen LogP contribution in [0.4, 0.5) is 5.69 Å². The summed E-state index contributed by atoms with van der Waals surface area (Å²) in [5.41, 5.74) is 11.5. The summed E-state index contributed by atoms with van der Waals surface area (Å²) in [6, 6.07) is 16.4. The van der Waals surface area contributed by atoms with Crippen LogP contribution in [0.25, 0.3) is 0 Å². The van der Waals surface area contributed by atoms with Crippen molar-refractivity contribution in [3.05, 3.63) is 69.8 Å². The summed E-state index contributed by atoms with van der Waals surface area (Å²) >= 11 is 3.52. The smallest absolute Gasteiger partial charge is 0.133 e. The molecule has 1 atom stereocenters. The largest absolute Gasteiger partial charge is 0.488 e. The summed E-state index contributed by atoms with van der Waals surface area (Å²) in [6.07, 6.45) is 5.72. The molecule has 0 aromatic heterocycles. The summed E-state index contributed by atoms with van der Waals surface area (Å²) in [7, 11) is 4.24. The molecule has 3 rings (SSSR count). The van der Waals surface area contributed by atoms with Crippen molar-refractivity contribution in [1.82, 2.24) is 4.90 Å². The molecule has 1 aliphatic carbocycles. The van der Waals surface area contributed by atoms with Crippen molar-refractivity contribution in [3.8, 4) is 5.75 Å². The van der Waals surface area contributed by atoms with Crippen LogP contribution in [0, 0.1) is 0 Å². The number of nitrogens with one attached hydrogen (secondary N) is 1. The van der Waals surface area contributed by atoms with Gasteiger partial charge in [-0.2, -0.15) is 0 Å². The van der Waals surface area contributed by atoms with E-state index in [9.17, 15) is 0 Å². The van der Waals surface area contributed by atoms with Crippen LogP contribution in [-0.2, 0) is 6.61 Å². The second kappa shape index (κ2) is 10.8. The average molecular weight is 458 g/mol. The SMILES string of the molecule is CN(C)CCCC[C@H](N)C(Nc1ccc(COc2ccccc2Br)cc1)=C1CC1. The van der Waals surface area contributed by atoms with Gasteiger partial charge in [-0.1, -0.05) is 30.7 Å². The maximum absolute atomic E-state index is 6.52. The minimum atomic E-state index is 0.0908. The van der Waals surface area contributed by atoms with Gasteiger partial charge in [0.25, 0.3) is 0 Å². The third kappa shape index (κ3) is 7.18. The Balaban J connectivity index is 1.52. The molecule has 3 N–H and O–H groups in total. The molecule has 0 aliphatic heterocycles. The third-order valence-corrected chi connectivity index (χ3v) is 5.74. The van der Waals surface area contributed by atoms with Crippen molar-refractivity contribution in [2.24, 2.45) is 5.73 Å². The molecule has 0 radical (unpaired) electrons. The van der Waals surface area contributed by atoms with Crippen LogP contribution in [0.15, 0.2) is 64.3 Å². The highest BCUT2D eigenvalue weighted by Gasteiger charge is 2.22. The van der Waals surface area contributed by atoms with Crippen LogP contribution in [0.2, 0.25) is 0 Å². The normalized spacial score (nSPS) is 14.0. The summed E-state index contributed by atoms with van der Waals surface area (Å²) in [5, 5.41) is 3.60. The molecule has 0 amide bonds. The summed E-state index contributed by atoms with van der Waals surface area (Å²) in [6.45, 7) is 1.66. The van der Waals surface area contributed by atoms with E-state index in [2.05, 4.69) is 64.5 Å². The number of halogens is 1. The Bertz CT molecular complexity index is 811. The molecule has 0 bridgehead atoms. The van der Waals surface area contributed by atoms with Gasteiger partial charge in [0, 0.05) is 17.4 Å². The van der Waals surface area contributed by atoms with Gasteiger partial charge < -0.3 is 20.7 Å². The van der Waals surface area contributed by atoms with Crippen LogP contribution in [0.1, 0.15) is 37.7 Å². The highest BCUT2D eigenvalue weighted by Crippen LogP contribution is 2.34. The number of para-hydroxylation sites is 1. The van der Waals surface area contributed by atoms with Crippen molar-refractivity contribution in [2.75, 3.05) is 26.0 Å². The van der Waals surface area contributed by atoms with Crippen molar-refractivity contribution in [3.63, 3.8) is 0 Å². The second-order valence-electron chi connectivity index (χ2n) is 7.96. The Hall–Kier alpha value is -1.82. The molecule has 0 spiro atoms. The number of hydrogen-bond donors (Lipinski definition) is 2. The number of unbranched alkanes of at least 4 members (excludes halogenated alkanes) is 1.